The van der Waals surface area contributed by atoms with E-state index in [1.165, 1.54) is 4.88 Å². The van der Waals surface area contributed by atoms with Gasteiger partial charge in [0, 0.05) is 11.4 Å². The normalized spacial score (nSPS) is 10.8. The Kier molecular flexibility index (Phi) is 2.48. The monoisotopic (exact) mass is 139 g/mol. The van der Waals surface area contributed by atoms with Crippen LogP contribution in [0.25, 0.3) is 6.08 Å². The molecule has 0 aliphatic heterocycles. The molecule has 0 aromatic carbocycles. The van der Waals surface area contributed by atoms with E-state index < -0.39 is 0 Å². The Morgan fingerprint density at radius 2 is 2.56 bits per heavy atom. The van der Waals surface area contributed by atoms with Crippen LogP contribution in [0.3, 0.4) is 0 Å². The third-order valence-corrected chi connectivity index (χ3v) is 1.80. The lowest BCUT2D eigenvalue weighted by Crippen LogP contribution is -1.91. The smallest absolute Gasteiger partial charge is 0.0267 e. The van der Waals surface area contributed by atoms with Crippen LogP contribution in [-0.2, 0) is 0 Å². The lowest BCUT2D eigenvalue weighted by Gasteiger charge is -1.79. The van der Waals surface area contributed by atoms with E-state index in [0.29, 0.717) is 6.54 Å². The number of nitrogens with two attached hydrogens (primary N) is 1. The van der Waals surface area contributed by atoms with Gasteiger partial charge in [-0.2, -0.15) is 0 Å². The molecular weight excluding hydrogens is 130 g/mol. The van der Waals surface area contributed by atoms with E-state index in [1.54, 1.807) is 11.3 Å². The molecule has 0 fully saturated rings. The Balaban J connectivity index is 2.57. The Bertz CT molecular complexity index is 177. The highest BCUT2D eigenvalue weighted by Crippen LogP contribution is 2.09. The van der Waals surface area contributed by atoms with Crippen LogP contribution in [-0.4, -0.2) is 6.54 Å². The van der Waals surface area contributed by atoms with Gasteiger partial charge in [0.2, 0.25) is 0 Å². The molecular formula is C7H9NS. The molecule has 0 amide bonds. The van der Waals surface area contributed by atoms with Crippen LogP contribution in [0.1, 0.15) is 4.88 Å². The summed E-state index contributed by atoms with van der Waals surface area (Å²) in [6.07, 6.45) is 3.98. The summed E-state index contributed by atoms with van der Waals surface area (Å²) in [5.74, 6) is 0. The van der Waals surface area contributed by atoms with Crippen molar-refractivity contribution in [3.63, 3.8) is 0 Å². The minimum atomic E-state index is 0.623. The van der Waals surface area contributed by atoms with Crippen LogP contribution >= 0.6 is 11.3 Å². The van der Waals surface area contributed by atoms with Crippen LogP contribution in [0.15, 0.2) is 23.6 Å². The fraction of sp³-hybridized carbons (Fsp3) is 0.143. The maximum atomic E-state index is 5.26. The Morgan fingerprint density at radius 1 is 1.67 bits per heavy atom. The molecule has 1 nitrogen and oxygen atoms in total. The molecule has 1 rings (SSSR count). The Hall–Kier alpha value is -0.600. The average molecular weight is 139 g/mol. The highest BCUT2D eigenvalue weighted by Gasteiger charge is 1.81. The maximum Gasteiger partial charge on any atom is 0.0267 e. The first-order chi connectivity index (χ1) is 4.43. The molecule has 0 unspecified atom stereocenters. The Labute approximate surface area is 58.8 Å². The van der Waals surface area contributed by atoms with Gasteiger partial charge < -0.3 is 5.73 Å². The van der Waals surface area contributed by atoms with Crippen LogP contribution in [0.2, 0.25) is 0 Å². The van der Waals surface area contributed by atoms with Crippen molar-refractivity contribution in [3.8, 4) is 0 Å². The summed E-state index contributed by atoms with van der Waals surface area (Å²) in [6, 6.07) is 4.09. The van der Waals surface area contributed by atoms with Gasteiger partial charge in [0.05, 0.1) is 0 Å². The van der Waals surface area contributed by atoms with Gasteiger partial charge in [-0.15, -0.1) is 11.3 Å². The largest absolute Gasteiger partial charge is 0.327 e. The molecule has 9 heavy (non-hydrogen) atoms. The summed E-state index contributed by atoms with van der Waals surface area (Å²) in [6.45, 7) is 0.623. The third kappa shape index (κ3) is 2.00. The van der Waals surface area contributed by atoms with E-state index >= 15 is 0 Å². The van der Waals surface area contributed by atoms with Crippen molar-refractivity contribution in [2.24, 2.45) is 5.73 Å². The topological polar surface area (TPSA) is 26.0 Å². The molecule has 0 bridgehead atoms. The van der Waals surface area contributed by atoms with E-state index in [1.807, 2.05) is 18.2 Å². The van der Waals surface area contributed by atoms with Crippen molar-refractivity contribution in [2.75, 3.05) is 6.54 Å². The lowest BCUT2D eigenvalue weighted by atomic mass is 10.4. The summed E-state index contributed by atoms with van der Waals surface area (Å²) in [4.78, 5) is 1.26. The number of hydrogen-bond acceptors (Lipinski definition) is 2. The summed E-state index contributed by atoms with van der Waals surface area (Å²) in [5, 5.41) is 2.05. The second-order valence-electron chi connectivity index (χ2n) is 1.65. The molecule has 0 radical (unpaired) electrons. The SMILES string of the molecule is NC/C=C\c1cccs1. The first-order valence-corrected chi connectivity index (χ1v) is 3.71. The molecule has 0 aliphatic carbocycles. The summed E-state index contributed by atoms with van der Waals surface area (Å²) in [5.41, 5.74) is 5.26. The fourth-order valence-electron chi connectivity index (χ4n) is 0.570. The van der Waals surface area contributed by atoms with Gasteiger partial charge in [-0.1, -0.05) is 12.1 Å². The minimum Gasteiger partial charge on any atom is -0.327 e. The highest BCUT2D eigenvalue weighted by atomic mass is 32.1. The molecule has 0 saturated carbocycles. The molecule has 0 aliphatic rings. The predicted molar refractivity (Wildman–Crippen MR) is 42.4 cm³/mol. The lowest BCUT2D eigenvalue weighted by molar-refractivity contribution is 1.26. The number of thiophene rings is 1. The predicted octanol–water partition coefficient (Wildman–Crippen LogP) is 1.72. The first kappa shape index (κ1) is 6.52. The van der Waals surface area contributed by atoms with Crippen LogP contribution in [0, 0.1) is 0 Å². The molecule has 1 aromatic heterocycles. The first-order valence-electron chi connectivity index (χ1n) is 2.83. The van der Waals surface area contributed by atoms with Crippen molar-refractivity contribution in [2.45, 2.75) is 0 Å². The number of rotatable bonds is 2. The molecule has 0 atom stereocenters. The maximum absolute atomic E-state index is 5.26. The molecule has 1 aromatic rings. The van der Waals surface area contributed by atoms with Gasteiger partial charge in [0.25, 0.3) is 0 Å². The zero-order chi connectivity index (χ0) is 6.53. The highest BCUT2D eigenvalue weighted by molar-refractivity contribution is 7.10. The van der Waals surface area contributed by atoms with Gasteiger partial charge in [-0.05, 0) is 17.5 Å². The summed E-state index contributed by atoms with van der Waals surface area (Å²) in [7, 11) is 0. The zero-order valence-electron chi connectivity index (χ0n) is 5.08. The van der Waals surface area contributed by atoms with Gasteiger partial charge in [-0.3, -0.25) is 0 Å². The van der Waals surface area contributed by atoms with E-state index in [0.717, 1.165) is 0 Å². The van der Waals surface area contributed by atoms with E-state index in [9.17, 15) is 0 Å². The fourth-order valence-corrected chi connectivity index (χ4v) is 1.22. The van der Waals surface area contributed by atoms with Crippen LogP contribution < -0.4 is 5.73 Å². The molecule has 0 saturated heterocycles. The van der Waals surface area contributed by atoms with E-state index in [-0.39, 0.29) is 0 Å². The number of hydrogen-bond donors (Lipinski definition) is 1. The van der Waals surface area contributed by atoms with Crippen molar-refractivity contribution in [1.82, 2.24) is 0 Å². The van der Waals surface area contributed by atoms with Crippen LogP contribution in [0.4, 0.5) is 0 Å². The summed E-state index contributed by atoms with van der Waals surface area (Å²) < 4.78 is 0. The van der Waals surface area contributed by atoms with Crippen LogP contribution in [0.5, 0.6) is 0 Å². The molecule has 2 heteroatoms. The minimum absolute atomic E-state index is 0.623. The van der Waals surface area contributed by atoms with Gasteiger partial charge >= 0.3 is 0 Å². The van der Waals surface area contributed by atoms with Gasteiger partial charge in [0.15, 0.2) is 0 Å². The van der Waals surface area contributed by atoms with Crippen molar-refractivity contribution >= 4 is 17.4 Å². The molecule has 0 spiro atoms. The third-order valence-electron chi connectivity index (χ3n) is 0.961. The van der Waals surface area contributed by atoms with E-state index in [2.05, 4.69) is 11.4 Å². The second kappa shape index (κ2) is 3.43. The van der Waals surface area contributed by atoms with E-state index in [4.69, 9.17) is 5.73 Å². The van der Waals surface area contributed by atoms with Gasteiger partial charge in [-0.25, -0.2) is 0 Å². The molecule has 2 N–H and O–H groups in total. The van der Waals surface area contributed by atoms with Gasteiger partial charge in [0.1, 0.15) is 0 Å². The van der Waals surface area contributed by atoms with Crippen molar-refractivity contribution in [3.05, 3.63) is 28.5 Å². The summed E-state index contributed by atoms with van der Waals surface area (Å²) >= 11 is 1.72. The quantitative estimate of drug-likeness (QED) is 0.663. The average Bonchev–Trinajstić information content (AvgIpc) is 2.34. The standard InChI is InChI=1S/C7H9NS/c8-5-1-3-7-4-2-6-9-7/h1-4,6H,5,8H2/b3-1-. The molecule has 48 valence electrons. The molecule has 1 heterocycles. The van der Waals surface area contributed by atoms with Crippen molar-refractivity contribution < 1.29 is 0 Å². The zero-order valence-corrected chi connectivity index (χ0v) is 5.90. The second-order valence-corrected chi connectivity index (χ2v) is 2.63. The Morgan fingerprint density at radius 3 is 3.11 bits per heavy atom. The van der Waals surface area contributed by atoms with Crippen molar-refractivity contribution in [1.29, 1.82) is 0 Å².